The lowest BCUT2D eigenvalue weighted by molar-refractivity contribution is 0.192. The fourth-order valence-corrected chi connectivity index (χ4v) is 2.67. The van der Waals surface area contributed by atoms with Gasteiger partial charge in [-0.25, -0.2) is 0 Å². The van der Waals surface area contributed by atoms with E-state index in [4.69, 9.17) is 4.74 Å². The SMILES string of the molecule is COCCCNC1CC(C)(C)CC1C. The van der Waals surface area contributed by atoms with Crippen molar-refractivity contribution in [3.63, 3.8) is 0 Å². The molecule has 2 heteroatoms. The highest BCUT2D eigenvalue weighted by molar-refractivity contribution is 4.90. The summed E-state index contributed by atoms with van der Waals surface area (Å²) in [6.45, 7) is 9.08. The molecule has 0 aromatic heterocycles. The summed E-state index contributed by atoms with van der Waals surface area (Å²) < 4.78 is 5.03. The Balaban J connectivity index is 2.19. The molecule has 0 aromatic rings. The predicted molar refractivity (Wildman–Crippen MR) is 60.5 cm³/mol. The molecule has 0 aromatic carbocycles. The van der Waals surface area contributed by atoms with Crippen LogP contribution in [0.25, 0.3) is 0 Å². The molecule has 0 aliphatic heterocycles. The van der Waals surface area contributed by atoms with Crippen LogP contribution in [-0.2, 0) is 4.74 Å². The zero-order valence-electron chi connectivity index (χ0n) is 10.1. The van der Waals surface area contributed by atoms with Gasteiger partial charge in [0.25, 0.3) is 0 Å². The van der Waals surface area contributed by atoms with Crippen molar-refractivity contribution in [2.75, 3.05) is 20.3 Å². The third-order valence-electron chi connectivity index (χ3n) is 3.27. The Morgan fingerprint density at radius 3 is 2.57 bits per heavy atom. The van der Waals surface area contributed by atoms with Crippen molar-refractivity contribution in [3.8, 4) is 0 Å². The van der Waals surface area contributed by atoms with Gasteiger partial charge < -0.3 is 10.1 Å². The van der Waals surface area contributed by atoms with Crippen molar-refractivity contribution in [2.45, 2.75) is 46.1 Å². The van der Waals surface area contributed by atoms with Gasteiger partial charge in [0.2, 0.25) is 0 Å². The zero-order valence-corrected chi connectivity index (χ0v) is 10.1. The van der Waals surface area contributed by atoms with Crippen LogP contribution in [0.15, 0.2) is 0 Å². The van der Waals surface area contributed by atoms with Gasteiger partial charge in [-0.15, -0.1) is 0 Å². The van der Waals surface area contributed by atoms with Crippen LogP contribution in [-0.4, -0.2) is 26.3 Å². The normalized spacial score (nSPS) is 30.9. The molecule has 0 spiro atoms. The molecule has 0 amide bonds. The molecule has 1 aliphatic rings. The maximum Gasteiger partial charge on any atom is 0.0474 e. The van der Waals surface area contributed by atoms with Gasteiger partial charge in [0.1, 0.15) is 0 Å². The van der Waals surface area contributed by atoms with Gasteiger partial charge in [-0.1, -0.05) is 20.8 Å². The average Bonchev–Trinajstić information content (AvgIpc) is 2.34. The Morgan fingerprint density at radius 2 is 2.07 bits per heavy atom. The van der Waals surface area contributed by atoms with E-state index in [0.717, 1.165) is 31.5 Å². The Kier molecular flexibility index (Phi) is 4.39. The van der Waals surface area contributed by atoms with E-state index < -0.39 is 0 Å². The van der Waals surface area contributed by atoms with Gasteiger partial charge in [-0.3, -0.25) is 0 Å². The highest BCUT2D eigenvalue weighted by Gasteiger charge is 2.35. The lowest BCUT2D eigenvalue weighted by Crippen LogP contribution is -2.32. The molecule has 0 saturated heterocycles. The molecule has 0 radical (unpaired) electrons. The Bertz CT molecular complexity index is 168. The maximum absolute atomic E-state index is 5.03. The van der Waals surface area contributed by atoms with Crippen LogP contribution in [0.5, 0.6) is 0 Å². The second-order valence-corrected chi connectivity index (χ2v) is 5.46. The summed E-state index contributed by atoms with van der Waals surface area (Å²) in [5.41, 5.74) is 0.540. The van der Waals surface area contributed by atoms with Crippen molar-refractivity contribution in [2.24, 2.45) is 11.3 Å². The molecule has 1 fully saturated rings. The van der Waals surface area contributed by atoms with Gasteiger partial charge in [-0.2, -0.15) is 0 Å². The van der Waals surface area contributed by atoms with E-state index >= 15 is 0 Å². The third kappa shape index (κ3) is 3.58. The molecular formula is C12H25NO. The fraction of sp³-hybridized carbons (Fsp3) is 1.00. The minimum Gasteiger partial charge on any atom is -0.385 e. The van der Waals surface area contributed by atoms with Crippen molar-refractivity contribution in [1.29, 1.82) is 0 Å². The Morgan fingerprint density at radius 1 is 1.36 bits per heavy atom. The second kappa shape index (κ2) is 5.13. The molecule has 1 N–H and O–H groups in total. The van der Waals surface area contributed by atoms with E-state index in [0.29, 0.717) is 5.41 Å². The minimum absolute atomic E-state index is 0.540. The summed E-state index contributed by atoms with van der Waals surface area (Å²) in [6, 6.07) is 0.724. The fourth-order valence-electron chi connectivity index (χ4n) is 2.67. The second-order valence-electron chi connectivity index (χ2n) is 5.46. The highest BCUT2D eigenvalue weighted by atomic mass is 16.5. The molecule has 2 atom stereocenters. The Hall–Kier alpha value is -0.0800. The first-order chi connectivity index (χ1) is 6.55. The van der Waals surface area contributed by atoms with Crippen LogP contribution in [0.4, 0.5) is 0 Å². The molecule has 14 heavy (non-hydrogen) atoms. The molecule has 0 heterocycles. The lowest BCUT2D eigenvalue weighted by Gasteiger charge is -2.18. The molecule has 0 bridgehead atoms. The summed E-state index contributed by atoms with van der Waals surface area (Å²) in [5, 5.41) is 3.64. The molecular weight excluding hydrogens is 174 g/mol. The van der Waals surface area contributed by atoms with Crippen LogP contribution in [0.3, 0.4) is 0 Å². The summed E-state index contributed by atoms with van der Waals surface area (Å²) in [5.74, 6) is 0.826. The van der Waals surface area contributed by atoms with Crippen molar-refractivity contribution in [1.82, 2.24) is 5.32 Å². The van der Waals surface area contributed by atoms with Crippen molar-refractivity contribution < 1.29 is 4.74 Å². The minimum atomic E-state index is 0.540. The van der Waals surface area contributed by atoms with Crippen LogP contribution < -0.4 is 5.32 Å². The predicted octanol–water partition coefficient (Wildman–Crippen LogP) is 2.44. The number of nitrogens with one attached hydrogen (secondary N) is 1. The van der Waals surface area contributed by atoms with E-state index in [1.807, 2.05) is 0 Å². The zero-order chi connectivity index (χ0) is 10.6. The third-order valence-corrected chi connectivity index (χ3v) is 3.27. The van der Waals surface area contributed by atoms with Crippen LogP contribution in [0, 0.1) is 11.3 Å². The number of methoxy groups -OCH3 is 1. The Labute approximate surface area is 88.4 Å². The topological polar surface area (TPSA) is 21.3 Å². The van der Waals surface area contributed by atoms with Crippen LogP contribution >= 0.6 is 0 Å². The average molecular weight is 199 g/mol. The number of rotatable bonds is 5. The first-order valence-electron chi connectivity index (χ1n) is 5.77. The molecule has 1 aliphatic carbocycles. The van der Waals surface area contributed by atoms with Gasteiger partial charge in [0.15, 0.2) is 0 Å². The summed E-state index contributed by atoms with van der Waals surface area (Å²) in [7, 11) is 1.77. The number of ether oxygens (including phenoxy) is 1. The summed E-state index contributed by atoms with van der Waals surface area (Å²) in [6.07, 6.45) is 3.80. The van der Waals surface area contributed by atoms with Gasteiger partial charge in [0, 0.05) is 19.8 Å². The van der Waals surface area contributed by atoms with E-state index in [2.05, 4.69) is 26.1 Å². The van der Waals surface area contributed by atoms with Gasteiger partial charge in [0.05, 0.1) is 0 Å². The molecule has 1 rings (SSSR count). The number of hydrogen-bond acceptors (Lipinski definition) is 2. The van der Waals surface area contributed by atoms with Crippen LogP contribution in [0.1, 0.15) is 40.0 Å². The van der Waals surface area contributed by atoms with Crippen molar-refractivity contribution >= 4 is 0 Å². The van der Waals surface area contributed by atoms with Gasteiger partial charge >= 0.3 is 0 Å². The standard InChI is InChI=1S/C12H25NO/c1-10-8-12(2,3)9-11(10)13-6-5-7-14-4/h10-11,13H,5-9H2,1-4H3. The van der Waals surface area contributed by atoms with E-state index in [1.54, 1.807) is 7.11 Å². The molecule has 1 saturated carbocycles. The highest BCUT2D eigenvalue weighted by Crippen LogP contribution is 2.40. The quantitative estimate of drug-likeness (QED) is 0.687. The monoisotopic (exact) mass is 199 g/mol. The first-order valence-corrected chi connectivity index (χ1v) is 5.77. The van der Waals surface area contributed by atoms with E-state index in [1.165, 1.54) is 12.8 Å². The largest absolute Gasteiger partial charge is 0.385 e. The first kappa shape index (κ1) is 12.0. The molecule has 84 valence electrons. The van der Waals surface area contributed by atoms with E-state index in [-0.39, 0.29) is 0 Å². The van der Waals surface area contributed by atoms with E-state index in [9.17, 15) is 0 Å². The summed E-state index contributed by atoms with van der Waals surface area (Å²) in [4.78, 5) is 0. The van der Waals surface area contributed by atoms with Crippen LogP contribution in [0.2, 0.25) is 0 Å². The van der Waals surface area contributed by atoms with Crippen molar-refractivity contribution in [3.05, 3.63) is 0 Å². The summed E-state index contributed by atoms with van der Waals surface area (Å²) >= 11 is 0. The molecule has 2 unspecified atom stereocenters. The van der Waals surface area contributed by atoms with Gasteiger partial charge in [-0.05, 0) is 37.1 Å². The maximum atomic E-state index is 5.03. The lowest BCUT2D eigenvalue weighted by atomic mass is 9.91. The molecule has 2 nitrogen and oxygen atoms in total. The number of hydrogen-bond donors (Lipinski definition) is 1. The smallest absolute Gasteiger partial charge is 0.0474 e.